The second kappa shape index (κ2) is 11.6. The molecule has 1 aliphatic rings. The third-order valence-electron chi connectivity index (χ3n) is 6.09. The molecule has 1 saturated heterocycles. The Bertz CT molecular complexity index is 1510. The summed E-state index contributed by atoms with van der Waals surface area (Å²) < 4.78 is 41.0. The number of piperidine rings is 1. The van der Waals surface area contributed by atoms with Crippen LogP contribution in [-0.2, 0) is 14.3 Å². The van der Waals surface area contributed by atoms with E-state index in [1.807, 2.05) is 25.3 Å². The number of aryl methyl sites for hydroxylation is 1. The highest BCUT2D eigenvalue weighted by Gasteiger charge is 2.20. The molecule has 2 aromatic heterocycles. The van der Waals surface area contributed by atoms with Gasteiger partial charge in [-0.3, -0.25) is 0 Å². The number of benzene rings is 2. The van der Waals surface area contributed by atoms with Crippen LogP contribution >= 0.6 is 11.3 Å². The molecular formula is C27H29N3O6S2. The average molecular weight is 556 g/mol. The monoisotopic (exact) mass is 555 g/mol. The minimum absolute atomic E-state index is 0.0125. The topological polar surface area (TPSA) is 115 Å². The summed E-state index contributed by atoms with van der Waals surface area (Å²) in [5.41, 5.74) is 2.16. The summed E-state index contributed by atoms with van der Waals surface area (Å²) in [6.45, 7) is 4.02. The Kier molecular flexibility index (Phi) is 8.08. The number of fused-ring (bicyclic) bond motifs is 1. The van der Waals surface area contributed by atoms with Crippen LogP contribution in [0.4, 0.5) is 5.13 Å². The summed E-state index contributed by atoms with van der Waals surface area (Å²) >= 11 is 1.65. The fourth-order valence-corrected chi connectivity index (χ4v) is 5.89. The Morgan fingerprint density at radius 2 is 1.92 bits per heavy atom. The van der Waals surface area contributed by atoms with E-state index in [0.29, 0.717) is 22.7 Å². The van der Waals surface area contributed by atoms with E-state index in [2.05, 4.69) is 14.9 Å². The standard InChI is InChI=1S/C27H29N3O6S2/c1-19-5-9-22(10-6-19)38(32,33)36-26(31)13-16-34-20-7-11-23-24(17-20)35-25(29-23)12-8-21-18-28-27(37-21)30-14-3-2-4-15-30/h5-12,17-18,26,31H,2-4,13-16H2,1H3/b12-8+. The van der Waals surface area contributed by atoms with E-state index in [-0.39, 0.29) is 17.9 Å². The molecule has 0 spiro atoms. The van der Waals surface area contributed by atoms with E-state index < -0.39 is 16.4 Å². The van der Waals surface area contributed by atoms with Crippen molar-refractivity contribution in [3.8, 4) is 5.75 Å². The predicted molar refractivity (Wildman–Crippen MR) is 147 cm³/mol. The molecule has 0 radical (unpaired) electrons. The number of thiazole rings is 1. The second-order valence-electron chi connectivity index (χ2n) is 9.06. The zero-order chi connectivity index (χ0) is 26.5. The Morgan fingerprint density at radius 3 is 2.71 bits per heavy atom. The van der Waals surface area contributed by atoms with Gasteiger partial charge in [0.25, 0.3) is 10.1 Å². The highest BCUT2D eigenvalue weighted by atomic mass is 32.2. The van der Waals surface area contributed by atoms with Crippen LogP contribution in [0.25, 0.3) is 23.3 Å². The summed E-state index contributed by atoms with van der Waals surface area (Å²) in [6, 6.07) is 11.4. The molecule has 1 fully saturated rings. The average Bonchev–Trinajstić information content (AvgIpc) is 3.54. The molecule has 0 amide bonds. The number of rotatable bonds is 10. The molecule has 1 unspecified atom stereocenters. The quantitative estimate of drug-likeness (QED) is 0.207. The first-order valence-electron chi connectivity index (χ1n) is 12.5. The van der Waals surface area contributed by atoms with Crippen LogP contribution in [0.1, 0.15) is 42.0 Å². The van der Waals surface area contributed by atoms with Gasteiger partial charge in [0.1, 0.15) is 11.3 Å². The van der Waals surface area contributed by atoms with Gasteiger partial charge in [-0.1, -0.05) is 29.0 Å². The lowest BCUT2D eigenvalue weighted by atomic mass is 10.1. The van der Waals surface area contributed by atoms with Crippen LogP contribution in [0.2, 0.25) is 0 Å². The molecule has 1 atom stereocenters. The molecule has 1 N–H and O–H groups in total. The van der Waals surface area contributed by atoms with Crippen molar-refractivity contribution in [1.29, 1.82) is 0 Å². The van der Waals surface area contributed by atoms with Gasteiger partial charge < -0.3 is 19.2 Å². The van der Waals surface area contributed by atoms with Crippen LogP contribution in [0.5, 0.6) is 5.75 Å². The van der Waals surface area contributed by atoms with Crippen molar-refractivity contribution >= 4 is 49.8 Å². The Hall–Kier alpha value is -3.25. The summed E-state index contributed by atoms with van der Waals surface area (Å²) in [5, 5.41) is 11.1. The van der Waals surface area contributed by atoms with Gasteiger partial charge in [0, 0.05) is 42.7 Å². The van der Waals surface area contributed by atoms with Gasteiger partial charge in [-0.2, -0.15) is 8.42 Å². The number of hydrogen-bond acceptors (Lipinski definition) is 10. The van der Waals surface area contributed by atoms with Crippen LogP contribution in [0, 0.1) is 6.92 Å². The molecule has 11 heteroatoms. The van der Waals surface area contributed by atoms with Crippen LogP contribution in [0.3, 0.4) is 0 Å². The lowest BCUT2D eigenvalue weighted by molar-refractivity contribution is -0.0256. The van der Waals surface area contributed by atoms with E-state index in [9.17, 15) is 13.5 Å². The predicted octanol–water partition coefficient (Wildman–Crippen LogP) is 5.25. The first kappa shape index (κ1) is 26.4. The molecule has 2 aromatic carbocycles. The fourth-order valence-electron chi connectivity index (χ4n) is 4.06. The van der Waals surface area contributed by atoms with Gasteiger partial charge >= 0.3 is 0 Å². The maximum Gasteiger partial charge on any atom is 0.299 e. The number of nitrogens with zero attached hydrogens (tertiary/aromatic N) is 3. The summed E-state index contributed by atoms with van der Waals surface area (Å²) in [7, 11) is -4.07. The largest absolute Gasteiger partial charge is 0.493 e. The Balaban J connectivity index is 1.14. The van der Waals surface area contributed by atoms with Crippen molar-refractivity contribution in [2.75, 3.05) is 24.6 Å². The van der Waals surface area contributed by atoms with E-state index in [0.717, 1.165) is 28.7 Å². The van der Waals surface area contributed by atoms with E-state index in [1.54, 1.807) is 41.7 Å². The zero-order valence-corrected chi connectivity index (χ0v) is 22.6. The molecule has 38 heavy (non-hydrogen) atoms. The normalized spacial score (nSPS) is 15.4. The van der Waals surface area contributed by atoms with Crippen molar-refractivity contribution in [2.24, 2.45) is 0 Å². The van der Waals surface area contributed by atoms with Crippen LogP contribution < -0.4 is 9.64 Å². The molecule has 0 saturated carbocycles. The van der Waals surface area contributed by atoms with E-state index in [1.165, 1.54) is 31.4 Å². The van der Waals surface area contributed by atoms with Gasteiger partial charge in [-0.25, -0.2) is 14.2 Å². The summed E-state index contributed by atoms with van der Waals surface area (Å²) in [5.74, 6) is 0.974. The van der Waals surface area contributed by atoms with Gasteiger partial charge in [0.15, 0.2) is 17.0 Å². The van der Waals surface area contributed by atoms with Gasteiger partial charge in [0.2, 0.25) is 5.89 Å². The number of ether oxygens (including phenoxy) is 1. The number of hydrogen-bond donors (Lipinski definition) is 1. The molecule has 200 valence electrons. The van der Waals surface area contributed by atoms with Gasteiger partial charge in [0.05, 0.1) is 11.5 Å². The van der Waals surface area contributed by atoms with Gasteiger partial charge in [-0.15, -0.1) is 0 Å². The molecule has 0 bridgehead atoms. The van der Waals surface area contributed by atoms with Crippen molar-refractivity contribution in [3.63, 3.8) is 0 Å². The number of aliphatic hydroxyl groups excluding tert-OH is 1. The van der Waals surface area contributed by atoms with E-state index >= 15 is 0 Å². The van der Waals surface area contributed by atoms with E-state index in [4.69, 9.17) is 13.3 Å². The highest BCUT2D eigenvalue weighted by molar-refractivity contribution is 7.86. The number of anilines is 1. The van der Waals surface area contributed by atoms with Crippen LogP contribution in [-0.4, -0.2) is 49.5 Å². The lowest BCUT2D eigenvalue weighted by Gasteiger charge is -2.25. The first-order chi connectivity index (χ1) is 18.4. The molecule has 9 nitrogen and oxygen atoms in total. The lowest BCUT2D eigenvalue weighted by Crippen LogP contribution is -2.29. The zero-order valence-electron chi connectivity index (χ0n) is 20.9. The molecule has 3 heterocycles. The highest BCUT2D eigenvalue weighted by Crippen LogP contribution is 2.28. The molecule has 4 aromatic rings. The SMILES string of the molecule is Cc1ccc(S(=O)(=O)OC(O)CCOc2ccc3nc(/C=C/c4cnc(N5CCCCC5)s4)oc3c2)cc1. The molecule has 5 rings (SSSR count). The fraction of sp³-hybridized carbons (Fsp3) is 0.333. The first-order valence-corrected chi connectivity index (χ1v) is 14.7. The summed E-state index contributed by atoms with van der Waals surface area (Å²) in [6.07, 6.45) is 7.76. The smallest absolute Gasteiger partial charge is 0.299 e. The minimum atomic E-state index is -4.07. The third kappa shape index (κ3) is 6.60. The minimum Gasteiger partial charge on any atom is -0.493 e. The Morgan fingerprint density at radius 1 is 1.13 bits per heavy atom. The number of aliphatic hydroxyl groups is 1. The molecule has 0 aliphatic carbocycles. The molecular weight excluding hydrogens is 526 g/mol. The van der Waals surface area contributed by atoms with Crippen molar-refractivity contribution in [3.05, 3.63) is 65.0 Å². The van der Waals surface area contributed by atoms with Gasteiger partial charge in [-0.05, 0) is 56.5 Å². The Labute approximate surface area is 225 Å². The van der Waals surface area contributed by atoms with Crippen molar-refractivity contribution in [2.45, 2.75) is 43.8 Å². The maximum atomic E-state index is 12.3. The van der Waals surface area contributed by atoms with Crippen LogP contribution in [0.15, 0.2) is 58.0 Å². The number of aromatic nitrogens is 2. The van der Waals surface area contributed by atoms with Crippen molar-refractivity contribution < 1.29 is 26.9 Å². The second-order valence-corrected chi connectivity index (χ2v) is 11.7. The third-order valence-corrected chi connectivity index (χ3v) is 8.43. The maximum absolute atomic E-state index is 12.3. The summed E-state index contributed by atoms with van der Waals surface area (Å²) in [4.78, 5) is 12.4. The molecule has 1 aliphatic heterocycles. The number of oxazole rings is 1. The van der Waals surface area contributed by atoms with Crippen molar-refractivity contribution in [1.82, 2.24) is 9.97 Å².